The summed E-state index contributed by atoms with van der Waals surface area (Å²) in [5.74, 6) is 0. The van der Waals surface area contributed by atoms with Crippen LogP contribution in [0.1, 0.15) is 30.1 Å². The normalized spacial score (nSPS) is 13.2. The van der Waals surface area contributed by atoms with E-state index >= 15 is 0 Å². The van der Waals surface area contributed by atoms with Crippen LogP contribution >= 0.6 is 0 Å². The molecule has 0 bridgehead atoms. The maximum atomic E-state index is 10.1. The van der Waals surface area contributed by atoms with Gasteiger partial charge in [0.2, 0.25) is 0 Å². The number of nitrogens with two attached hydrogens (primary N) is 1. The molecule has 0 radical (unpaired) electrons. The van der Waals surface area contributed by atoms with Crippen LogP contribution in [0.4, 0.5) is 0 Å². The van der Waals surface area contributed by atoms with Crippen LogP contribution in [-0.4, -0.2) is 16.6 Å². The molecule has 0 aliphatic heterocycles. The van der Waals surface area contributed by atoms with E-state index in [1.54, 1.807) is 0 Å². The number of nitrogens with one attached hydrogen (secondary N) is 1. The molecule has 3 heteroatoms. The van der Waals surface area contributed by atoms with E-state index < -0.39 is 6.10 Å². The Hall–Kier alpha value is -1.32. The zero-order chi connectivity index (χ0) is 11.5. The first-order valence-corrected chi connectivity index (χ1v) is 5.68. The lowest BCUT2D eigenvalue weighted by Gasteiger charge is -2.08. The molecule has 0 amide bonds. The summed E-state index contributed by atoms with van der Waals surface area (Å²) in [6.07, 6.45) is 3.05. The van der Waals surface area contributed by atoms with Crippen LogP contribution in [-0.2, 0) is 0 Å². The Morgan fingerprint density at radius 1 is 1.44 bits per heavy atom. The summed E-state index contributed by atoms with van der Waals surface area (Å²) in [6, 6.07) is 6.12. The van der Waals surface area contributed by atoms with Crippen LogP contribution in [0.2, 0.25) is 0 Å². The topological polar surface area (TPSA) is 62.0 Å². The number of para-hydroxylation sites is 1. The minimum absolute atomic E-state index is 0.418. The molecule has 2 aromatic rings. The lowest BCUT2D eigenvalue weighted by atomic mass is 10.0. The first-order valence-electron chi connectivity index (χ1n) is 5.68. The summed E-state index contributed by atoms with van der Waals surface area (Å²) >= 11 is 0. The van der Waals surface area contributed by atoms with Gasteiger partial charge in [0.25, 0.3) is 0 Å². The first-order chi connectivity index (χ1) is 7.74. The van der Waals surface area contributed by atoms with Gasteiger partial charge in [-0.2, -0.15) is 0 Å². The van der Waals surface area contributed by atoms with Gasteiger partial charge in [-0.3, -0.25) is 0 Å². The summed E-state index contributed by atoms with van der Waals surface area (Å²) < 4.78 is 0. The van der Waals surface area contributed by atoms with Crippen molar-refractivity contribution in [1.29, 1.82) is 0 Å². The summed E-state index contributed by atoms with van der Waals surface area (Å²) in [7, 11) is 0. The number of fused-ring (bicyclic) bond motifs is 1. The Labute approximate surface area is 95.3 Å². The van der Waals surface area contributed by atoms with Gasteiger partial charge in [0.05, 0.1) is 6.10 Å². The molecule has 0 aliphatic rings. The fraction of sp³-hybridized carbons (Fsp3) is 0.385. The third kappa shape index (κ3) is 1.96. The maximum absolute atomic E-state index is 10.1. The first kappa shape index (κ1) is 11.2. The van der Waals surface area contributed by atoms with E-state index in [1.165, 1.54) is 5.56 Å². The molecule has 0 saturated carbocycles. The molecule has 3 nitrogen and oxygen atoms in total. The maximum Gasteiger partial charge on any atom is 0.0811 e. The SMILES string of the molecule is Cc1cccc2c(C(O)CCCN)c[nH]c12. The largest absolute Gasteiger partial charge is 0.388 e. The molecule has 1 heterocycles. The molecule has 1 unspecified atom stereocenters. The third-order valence-electron chi connectivity index (χ3n) is 3.00. The fourth-order valence-corrected chi connectivity index (χ4v) is 2.07. The standard InChI is InChI=1S/C13H18N2O/c1-9-4-2-5-10-11(8-15-13(9)10)12(16)6-3-7-14/h2,4-5,8,12,15-16H,3,6-7,14H2,1H3. The average Bonchev–Trinajstić information content (AvgIpc) is 2.71. The van der Waals surface area contributed by atoms with E-state index in [1.807, 2.05) is 18.3 Å². The lowest BCUT2D eigenvalue weighted by Crippen LogP contribution is -2.03. The van der Waals surface area contributed by atoms with Crippen LogP contribution in [0.25, 0.3) is 10.9 Å². The molecule has 0 saturated heterocycles. The van der Waals surface area contributed by atoms with Crippen molar-refractivity contribution in [3.05, 3.63) is 35.5 Å². The Balaban J connectivity index is 2.34. The zero-order valence-corrected chi connectivity index (χ0v) is 9.53. The third-order valence-corrected chi connectivity index (χ3v) is 3.00. The van der Waals surface area contributed by atoms with Gasteiger partial charge in [0.15, 0.2) is 0 Å². The predicted molar refractivity (Wildman–Crippen MR) is 66.3 cm³/mol. The van der Waals surface area contributed by atoms with E-state index in [9.17, 15) is 5.11 Å². The molecule has 86 valence electrons. The van der Waals surface area contributed by atoms with Crippen LogP contribution in [0.5, 0.6) is 0 Å². The zero-order valence-electron chi connectivity index (χ0n) is 9.53. The van der Waals surface area contributed by atoms with Crippen LogP contribution < -0.4 is 5.73 Å². The molecule has 0 aliphatic carbocycles. The minimum Gasteiger partial charge on any atom is -0.388 e. The van der Waals surface area contributed by atoms with Gasteiger partial charge < -0.3 is 15.8 Å². The molecule has 1 aromatic carbocycles. The second kappa shape index (κ2) is 4.68. The van der Waals surface area contributed by atoms with Crippen molar-refractivity contribution in [2.45, 2.75) is 25.9 Å². The molecule has 0 spiro atoms. The molecule has 16 heavy (non-hydrogen) atoms. The quantitative estimate of drug-likeness (QED) is 0.737. The van der Waals surface area contributed by atoms with E-state index in [-0.39, 0.29) is 0 Å². The van der Waals surface area contributed by atoms with E-state index in [2.05, 4.69) is 18.0 Å². The van der Waals surface area contributed by atoms with Gasteiger partial charge in [-0.05, 0) is 31.9 Å². The smallest absolute Gasteiger partial charge is 0.0811 e. The highest BCUT2D eigenvalue weighted by molar-refractivity contribution is 5.86. The van der Waals surface area contributed by atoms with Crippen LogP contribution in [0.3, 0.4) is 0 Å². The number of aliphatic hydroxyl groups is 1. The van der Waals surface area contributed by atoms with E-state index in [4.69, 9.17) is 5.73 Å². The molecular formula is C13H18N2O. The van der Waals surface area contributed by atoms with E-state index in [0.717, 1.165) is 29.3 Å². The molecule has 0 fully saturated rings. The number of aryl methyl sites for hydroxylation is 1. The van der Waals surface area contributed by atoms with Gasteiger partial charge in [-0.1, -0.05) is 18.2 Å². The Bertz CT molecular complexity index is 476. The van der Waals surface area contributed by atoms with Gasteiger partial charge in [0.1, 0.15) is 0 Å². The molecule has 2 rings (SSSR count). The monoisotopic (exact) mass is 218 g/mol. The highest BCUT2D eigenvalue weighted by atomic mass is 16.3. The second-order valence-electron chi connectivity index (χ2n) is 4.19. The highest BCUT2D eigenvalue weighted by Gasteiger charge is 2.12. The van der Waals surface area contributed by atoms with Crippen LogP contribution in [0, 0.1) is 6.92 Å². The molecule has 1 atom stereocenters. The fourth-order valence-electron chi connectivity index (χ4n) is 2.07. The van der Waals surface area contributed by atoms with Gasteiger partial charge in [-0.25, -0.2) is 0 Å². The van der Waals surface area contributed by atoms with Crippen molar-refractivity contribution in [2.75, 3.05) is 6.54 Å². The number of aromatic amines is 1. The number of aliphatic hydroxyl groups excluding tert-OH is 1. The van der Waals surface area contributed by atoms with Gasteiger partial charge in [0, 0.05) is 22.7 Å². The van der Waals surface area contributed by atoms with Gasteiger partial charge >= 0.3 is 0 Å². The summed E-state index contributed by atoms with van der Waals surface area (Å²) in [5.41, 5.74) is 8.75. The van der Waals surface area contributed by atoms with Crippen molar-refractivity contribution in [1.82, 2.24) is 4.98 Å². The van der Waals surface area contributed by atoms with Crippen molar-refractivity contribution in [3.63, 3.8) is 0 Å². The molecule has 1 aromatic heterocycles. The van der Waals surface area contributed by atoms with Crippen molar-refractivity contribution >= 4 is 10.9 Å². The number of rotatable bonds is 4. The number of H-pyrrole nitrogens is 1. The summed E-state index contributed by atoms with van der Waals surface area (Å²) in [5, 5.41) is 11.2. The number of aromatic nitrogens is 1. The summed E-state index contributed by atoms with van der Waals surface area (Å²) in [4.78, 5) is 3.22. The van der Waals surface area contributed by atoms with Crippen molar-refractivity contribution < 1.29 is 5.11 Å². The lowest BCUT2D eigenvalue weighted by molar-refractivity contribution is 0.167. The number of benzene rings is 1. The second-order valence-corrected chi connectivity index (χ2v) is 4.19. The Kier molecular flexibility index (Phi) is 3.27. The summed E-state index contributed by atoms with van der Waals surface area (Å²) in [6.45, 7) is 2.69. The minimum atomic E-state index is -0.418. The van der Waals surface area contributed by atoms with Crippen LogP contribution in [0.15, 0.2) is 24.4 Å². The average molecular weight is 218 g/mol. The molecule has 4 N–H and O–H groups in total. The van der Waals surface area contributed by atoms with Crippen molar-refractivity contribution in [2.24, 2.45) is 5.73 Å². The Morgan fingerprint density at radius 3 is 3.00 bits per heavy atom. The van der Waals surface area contributed by atoms with Crippen molar-refractivity contribution in [3.8, 4) is 0 Å². The van der Waals surface area contributed by atoms with E-state index in [0.29, 0.717) is 6.54 Å². The molecular weight excluding hydrogens is 200 g/mol. The number of hydrogen-bond donors (Lipinski definition) is 3. The Morgan fingerprint density at radius 2 is 2.25 bits per heavy atom. The van der Waals surface area contributed by atoms with Gasteiger partial charge in [-0.15, -0.1) is 0 Å². The highest BCUT2D eigenvalue weighted by Crippen LogP contribution is 2.28. The predicted octanol–water partition coefficient (Wildman–Crippen LogP) is 2.25. The number of hydrogen-bond acceptors (Lipinski definition) is 2.